The summed E-state index contributed by atoms with van der Waals surface area (Å²) in [5.41, 5.74) is 6.29. The zero-order valence-electron chi connectivity index (χ0n) is 13.3. The van der Waals surface area contributed by atoms with Crippen molar-refractivity contribution in [1.29, 1.82) is 0 Å². The zero-order valence-corrected chi connectivity index (χ0v) is 13.3. The van der Waals surface area contributed by atoms with E-state index in [1.54, 1.807) is 30.3 Å². The molecule has 3 N–H and O–H groups in total. The molecule has 0 saturated carbocycles. The molecule has 0 saturated heterocycles. The van der Waals surface area contributed by atoms with E-state index in [0.717, 1.165) is 0 Å². The smallest absolute Gasteiger partial charge is 0.341 e. The summed E-state index contributed by atoms with van der Waals surface area (Å²) in [6.45, 7) is 1.67. The van der Waals surface area contributed by atoms with Gasteiger partial charge in [-0.3, -0.25) is 4.79 Å². The fourth-order valence-electron chi connectivity index (χ4n) is 2.14. The Hall–Kier alpha value is -2.86. The molecule has 0 atom stereocenters. The highest BCUT2D eigenvalue weighted by atomic mass is 16.5. The Bertz CT molecular complexity index is 742. The molecule has 0 aliphatic heterocycles. The zero-order chi connectivity index (χ0) is 17.5. The van der Waals surface area contributed by atoms with Crippen molar-refractivity contribution >= 4 is 11.8 Å². The number of rotatable bonds is 7. The lowest BCUT2D eigenvalue weighted by Crippen LogP contribution is -2.15. The number of phenolic OH excluding ortho intramolecular Hbond substituents is 1. The number of esters is 1. The molecule has 0 aromatic heterocycles. The van der Waals surface area contributed by atoms with Gasteiger partial charge in [0.2, 0.25) is 0 Å². The molecule has 0 amide bonds. The summed E-state index contributed by atoms with van der Waals surface area (Å²) < 4.78 is 10.7. The Labute approximate surface area is 139 Å². The second-order valence-electron chi connectivity index (χ2n) is 5.08. The molecule has 0 fully saturated rings. The molecular weight excluding hydrogens is 310 g/mol. The summed E-state index contributed by atoms with van der Waals surface area (Å²) in [5, 5.41) is 9.81. The molecule has 0 unspecified atom stereocenters. The summed E-state index contributed by atoms with van der Waals surface area (Å²) in [5.74, 6) is -0.646. The lowest BCUT2D eigenvalue weighted by molar-refractivity contribution is 0.0511. The van der Waals surface area contributed by atoms with Crippen LogP contribution < -0.4 is 10.5 Å². The molecule has 2 rings (SSSR count). The molecule has 6 heteroatoms. The lowest BCUT2D eigenvalue weighted by atomic mass is 10.1. The molecule has 0 spiro atoms. The van der Waals surface area contributed by atoms with Gasteiger partial charge < -0.3 is 20.3 Å². The maximum absolute atomic E-state index is 12.2. The number of para-hydroxylation sites is 2. The number of hydrogen-bond acceptors (Lipinski definition) is 6. The number of benzene rings is 2. The van der Waals surface area contributed by atoms with Crippen LogP contribution in [0.15, 0.2) is 42.5 Å². The van der Waals surface area contributed by atoms with E-state index < -0.39 is 5.97 Å². The van der Waals surface area contributed by atoms with Crippen LogP contribution in [0.2, 0.25) is 0 Å². The quantitative estimate of drug-likeness (QED) is 0.597. The second kappa shape index (κ2) is 8.12. The van der Waals surface area contributed by atoms with Gasteiger partial charge in [-0.15, -0.1) is 0 Å². The normalized spacial score (nSPS) is 10.2. The molecule has 126 valence electrons. The third-order valence-corrected chi connectivity index (χ3v) is 3.33. The summed E-state index contributed by atoms with van der Waals surface area (Å²) in [6, 6.07) is 11.4. The van der Waals surface area contributed by atoms with Gasteiger partial charge in [-0.1, -0.05) is 24.3 Å². The Kier molecular flexibility index (Phi) is 5.92. The Balaban J connectivity index is 2.33. The summed E-state index contributed by atoms with van der Waals surface area (Å²) >= 11 is 0. The largest absolute Gasteiger partial charge is 0.508 e. The topological polar surface area (TPSA) is 98.9 Å². The van der Waals surface area contributed by atoms with Crippen molar-refractivity contribution in [3.8, 4) is 11.5 Å². The molecule has 0 bridgehead atoms. The van der Waals surface area contributed by atoms with Gasteiger partial charge in [0.05, 0.1) is 5.56 Å². The average molecular weight is 329 g/mol. The number of ether oxygens (including phenoxy) is 2. The Morgan fingerprint density at radius 1 is 1.08 bits per heavy atom. The highest BCUT2D eigenvalue weighted by molar-refractivity contribution is 6.02. The van der Waals surface area contributed by atoms with Crippen LogP contribution >= 0.6 is 0 Å². The van der Waals surface area contributed by atoms with Crippen LogP contribution in [-0.2, 0) is 11.3 Å². The van der Waals surface area contributed by atoms with E-state index in [4.69, 9.17) is 15.2 Å². The number of carbonyl (C=O) groups excluding carboxylic acids is 2. The van der Waals surface area contributed by atoms with Crippen molar-refractivity contribution in [3.05, 3.63) is 59.2 Å². The molecule has 6 nitrogen and oxygen atoms in total. The Morgan fingerprint density at radius 3 is 2.46 bits per heavy atom. The minimum Gasteiger partial charge on any atom is -0.508 e. The molecule has 0 aliphatic rings. The van der Waals surface area contributed by atoms with E-state index in [-0.39, 0.29) is 48.2 Å². The van der Waals surface area contributed by atoms with Crippen molar-refractivity contribution in [2.45, 2.75) is 13.5 Å². The Morgan fingerprint density at radius 2 is 1.79 bits per heavy atom. The van der Waals surface area contributed by atoms with Crippen LogP contribution in [0.25, 0.3) is 0 Å². The molecule has 0 radical (unpaired) electrons. The second-order valence-corrected chi connectivity index (χ2v) is 5.08. The standard InChI is InChI=1S/C18H19NO5/c1-12(20)14-6-4-7-15(18(22)23-10-9-19)17(14)24-11-13-5-2-3-8-16(13)21/h2-8,21H,9-11,19H2,1H3. The maximum atomic E-state index is 12.2. The average Bonchev–Trinajstić information content (AvgIpc) is 2.58. The summed E-state index contributed by atoms with van der Waals surface area (Å²) in [4.78, 5) is 24.0. The van der Waals surface area contributed by atoms with Crippen molar-refractivity contribution in [2.24, 2.45) is 5.73 Å². The number of phenols is 1. The number of ketones is 1. The third kappa shape index (κ3) is 4.11. The molecule has 0 heterocycles. The molecule has 2 aromatic rings. The van der Waals surface area contributed by atoms with Crippen molar-refractivity contribution in [1.82, 2.24) is 0 Å². The molecular formula is C18H19NO5. The van der Waals surface area contributed by atoms with Gasteiger partial charge in [-0.05, 0) is 25.1 Å². The minimum absolute atomic E-state index is 0.00807. The van der Waals surface area contributed by atoms with Gasteiger partial charge in [0, 0.05) is 12.1 Å². The minimum atomic E-state index is -0.615. The summed E-state index contributed by atoms with van der Waals surface area (Å²) in [6.07, 6.45) is 0. The monoisotopic (exact) mass is 329 g/mol. The fourth-order valence-corrected chi connectivity index (χ4v) is 2.14. The number of aromatic hydroxyl groups is 1. The van der Waals surface area contributed by atoms with E-state index in [2.05, 4.69) is 0 Å². The molecule has 24 heavy (non-hydrogen) atoms. The van der Waals surface area contributed by atoms with Gasteiger partial charge in [-0.2, -0.15) is 0 Å². The van der Waals surface area contributed by atoms with Gasteiger partial charge in [0.15, 0.2) is 5.78 Å². The first kappa shape index (κ1) is 17.5. The molecule has 0 aliphatic carbocycles. The van der Waals surface area contributed by atoms with Crippen molar-refractivity contribution < 1.29 is 24.2 Å². The third-order valence-electron chi connectivity index (χ3n) is 3.33. The first-order valence-electron chi connectivity index (χ1n) is 7.45. The van der Waals surface area contributed by atoms with E-state index in [1.807, 2.05) is 0 Å². The van der Waals surface area contributed by atoms with Crippen LogP contribution in [0.4, 0.5) is 0 Å². The highest BCUT2D eigenvalue weighted by Crippen LogP contribution is 2.28. The predicted octanol–water partition coefficient (Wildman–Crippen LogP) is 2.29. The summed E-state index contributed by atoms with van der Waals surface area (Å²) in [7, 11) is 0. The van der Waals surface area contributed by atoms with E-state index in [1.165, 1.54) is 19.1 Å². The van der Waals surface area contributed by atoms with Gasteiger partial charge in [0.25, 0.3) is 0 Å². The highest BCUT2D eigenvalue weighted by Gasteiger charge is 2.20. The van der Waals surface area contributed by atoms with Crippen LogP contribution in [0.5, 0.6) is 11.5 Å². The van der Waals surface area contributed by atoms with Crippen LogP contribution in [0.1, 0.15) is 33.2 Å². The van der Waals surface area contributed by atoms with E-state index >= 15 is 0 Å². The molecule has 2 aromatic carbocycles. The maximum Gasteiger partial charge on any atom is 0.341 e. The number of Topliss-reactive ketones (excluding diaryl/α,β-unsaturated/α-hetero) is 1. The van der Waals surface area contributed by atoms with Crippen LogP contribution in [-0.4, -0.2) is 30.0 Å². The van der Waals surface area contributed by atoms with Crippen molar-refractivity contribution in [2.75, 3.05) is 13.2 Å². The number of carbonyl (C=O) groups is 2. The van der Waals surface area contributed by atoms with Crippen molar-refractivity contribution in [3.63, 3.8) is 0 Å². The predicted molar refractivity (Wildman–Crippen MR) is 88.2 cm³/mol. The van der Waals surface area contributed by atoms with E-state index in [0.29, 0.717) is 5.56 Å². The first-order chi connectivity index (χ1) is 11.5. The number of hydrogen-bond donors (Lipinski definition) is 2. The van der Waals surface area contributed by atoms with Gasteiger partial charge >= 0.3 is 5.97 Å². The van der Waals surface area contributed by atoms with E-state index in [9.17, 15) is 14.7 Å². The van der Waals surface area contributed by atoms with Crippen LogP contribution in [0.3, 0.4) is 0 Å². The van der Waals surface area contributed by atoms with Crippen LogP contribution in [0, 0.1) is 0 Å². The number of nitrogens with two attached hydrogens (primary N) is 1. The fraction of sp³-hybridized carbons (Fsp3) is 0.222. The van der Waals surface area contributed by atoms with Gasteiger partial charge in [0.1, 0.15) is 30.3 Å². The van der Waals surface area contributed by atoms with Gasteiger partial charge in [-0.25, -0.2) is 4.79 Å². The SMILES string of the molecule is CC(=O)c1cccc(C(=O)OCCN)c1OCc1ccccc1O. The lowest BCUT2D eigenvalue weighted by Gasteiger charge is -2.14. The first-order valence-corrected chi connectivity index (χ1v) is 7.45.